The highest BCUT2D eigenvalue weighted by molar-refractivity contribution is 7.89. The number of hydrogen-bond acceptors (Lipinski definition) is 5. The summed E-state index contributed by atoms with van der Waals surface area (Å²) >= 11 is 0. The van der Waals surface area contributed by atoms with Gasteiger partial charge in [-0.3, -0.25) is 4.79 Å². The van der Waals surface area contributed by atoms with Gasteiger partial charge in [-0.05, 0) is 48.4 Å². The van der Waals surface area contributed by atoms with E-state index in [0.717, 1.165) is 5.56 Å². The number of ether oxygens (including phenoxy) is 1. The third-order valence-electron chi connectivity index (χ3n) is 4.52. The van der Waals surface area contributed by atoms with Crippen LogP contribution in [0.5, 0.6) is 0 Å². The van der Waals surface area contributed by atoms with Gasteiger partial charge in [0.05, 0.1) is 17.6 Å². The standard InChI is InChI=1S/C23H22N2O5S/c1-30-23(27)18-12-14-19(15-13-18)24-22(26)21(16-17-8-4-2-5-9-17)25-31(28,29)20-10-6-3-7-11-20/h2-15,21,25H,16H2,1H3,(H,24,26)/t21-/m0/s1. The van der Waals surface area contributed by atoms with Gasteiger partial charge in [-0.25, -0.2) is 13.2 Å². The Morgan fingerprint density at radius 3 is 2.03 bits per heavy atom. The number of rotatable bonds is 8. The van der Waals surface area contributed by atoms with Crippen molar-refractivity contribution >= 4 is 27.6 Å². The molecule has 0 radical (unpaired) electrons. The van der Waals surface area contributed by atoms with Gasteiger partial charge in [-0.1, -0.05) is 48.5 Å². The predicted octanol–water partition coefficient (Wildman–Crippen LogP) is 3.00. The molecule has 3 aromatic carbocycles. The third kappa shape index (κ3) is 6.00. The minimum Gasteiger partial charge on any atom is -0.465 e. The highest BCUT2D eigenvalue weighted by Gasteiger charge is 2.26. The van der Waals surface area contributed by atoms with E-state index in [-0.39, 0.29) is 11.3 Å². The van der Waals surface area contributed by atoms with Crippen LogP contribution in [0.25, 0.3) is 0 Å². The molecule has 3 rings (SSSR count). The first-order valence-corrected chi connectivity index (χ1v) is 11.0. The van der Waals surface area contributed by atoms with Gasteiger partial charge in [-0.15, -0.1) is 0 Å². The van der Waals surface area contributed by atoms with Gasteiger partial charge in [0, 0.05) is 5.69 Å². The average molecular weight is 439 g/mol. The monoisotopic (exact) mass is 438 g/mol. The summed E-state index contributed by atoms with van der Waals surface area (Å²) in [4.78, 5) is 24.6. The molecule has 0 saturated carbocycles. The SMILES string of the molecule is COC(=O)c1ccc(NC(=O)[C@H](Cc2ccccc2)NS(=O)(=O)c2ccccc2)cc1. The molecular weight excluding hydrogens is 416 g/mol. The minimum absolute atomic E-state index is 0.0725. The molecule has 31 heavy (non-hydrogen) atoms. The van der Waals surface area contributed by atoms with Crippen molar-refractivity contribution in [2.24, 2.45) is 0 Å². The first kappa shape index (κ1) is 22.2. The molecule has 0 unspecified atom stereocenters. The number of methoxy groups -OCH3 is 1. The lowest BCUT2D eigenvalue weighted by Crippen LogP contribution is -2.45. The molecule has 0 aromatic heterocycles. The van der Waals surface area contributed by atoms with Crippen molar-refractivity contribution in [3.8, 4) is 0 Å². The summed E-state index contributed by atoms with van der Waals surface area (Å²) in [5, 5.41) is 2.70. The van der Waals surface area contributed by atoms with Gasteiger partial charge in [0.15, 0.2) is 0 Å². The maximum atomic E-state index is 13.0. The lowest BCUT2D eigenvalue weighted by molar-refractivity contribution is -0.117. The maximum absolute atomic E-state index is 13.0. The van der Waals surface area contributed by atoms with E-state index in [9.17, 15) is 18.0 Å². The zero-order chi connectivity index (χ0) is 22.3. The van der Waals surface area contributed by atoms with Crippen molar-refractivity contribution in [2.75, 3.05) is 12.4 Å². The second kappa shape index (κ2) is 10.0. The van der Waals surface area contributed by atoms with Gasteiger partial charge < -0.3 is 10.1 Å². The second-order valence-electron chi connectivity index (χ2n) is 6.73. The van der Waals surface area contributed by atoms with Crippen molar-refractivity contribution in [1.29, 1.82) is 0 Å². The van der Waals surface area contributed by atoms with Gasteiger partial charge in [0.25, 0.3) is 0 Å². The minimum atomic E-state index is -3.91. The fraction of sp³-hybridized carbons (Fsp3) is 0.130. The number of carbonyl (C=O) groups is 2. The zero-order valence-corrected chi connectivity index (χ0v) is 17.6. The van der Waals surface area contributed by atoms with E-state index >= 15 is 0 Å². The Balaban J connectivity index is 1.81. The van der Waals surface area contributed by atoms with E-state index in [1.165, 1.54) is 31.4 Å². The smallest absolute Gasteiger partial charge is 0.337 e. The van der Waals surface area contributed by atoms with Crippen molar-refractivity contribution in [1.82, 2.24) is 4.72 Å². The quantitative estimate of drug-likeness (QED) is 0.527. The van der Waals surface area contributed by atoms with Crippen LogP contribution in [-0.4, -0.2) is 33.4 Å². The van der Waals surface area contributed by atoms with Crippen LogP contribution in [0.1, 0.15) is 15.9 Å². The molecule has 3 aromatic rings. The summed E-state index contributed by atoms with van der Waals surface area (Å²) in [7, 11) is -2.63. The second-order valence-corrected chi connectivity index (χ2v) is 8.45. The molecule has 160 valence electrons. The highest BCUT2D eigenvalue weighted by Crippen LogP contribution is 2.14. The number of amides is 1. The molecule has 0 aliphatic heterocycles. The number of carbonyl (C=O) groups excluding carboxylic acids is 2. The largest absolute Gasteiger partial charge is 0.465 e. The first-order valence-electron chi connectivity index (χ1n) is 9.49. The van der Waals surface area contributed by atoms with Crippen molar-refractivity contribution < 1.29 is 22.7 Å². The fourth-order valence-corrected chi connectivity index (χ4v) is 4.15. The molecule has 2 N–H and O–H groups in total. The Kier molecular flexibility index (Phi) is 7.17. The summed E-state index contributed by atoms with van der Waals surface area (Å²) < 4.78 is 32.8. The van der Waals surface area contributed by atoms with Gasteiger partial charge in [0.1, 0.15) is 6.04 Å². The third-order valence-corrected chi connectivity index (χ3v) is 6.01. The van der Waals surface area contributed by atoms with Crippen LogP contribution < -0.4 is 10.0 Å². The first-order chi connectivity index (χ1) is 14.9. The molecule has 7 nitrogen and oxygen atoms in total. The topological polar surface area (TPSA) is 102 Å². The van der Waals surface area contributed by atoms with Crippen LogP contribution >= 0.6 is 0 Å². The molecule has 1 atom stereocenters. The lowest BCUT2D eigenvalue weighted by atomic mass is 10.1. The summed E-state index contributed by atoms with van der Waals surface area (Å²) in [6, 6.07) is 22.1. The predicted molar refractivity (Wildman–Crippen MR) is 117 cm³/mol. The van der Waals surface area contributed by atoms with Crippen LogP contribution in [0.15, 0.2) is 89.8 Å². The summed E-state index contributed by atoms with van der Waals surface area (Å²) in [6.45, 7) is 0. The number of anilines is 1. The Hall–Kier alpha value is -3.49. The van der Waals surface area contributed by atoms with Crippen LogP contribution in [0.4, 0.5) is 5.69 Å². The molecule has 8 heteroatoms. The molecule has 0 fully saturated rings. The molecule has 0 bridgehead atoms. The molecule has 0 spiro atoms. The number of benzene rings is 3. The van der Waals surface area contributed by atoms with Crippen molar-refractivity contribution in [2.45, 2.75) is 17.4 Å². The van der Waals surface area contributed by atoms with E-state index < -0.39 is 27.9 Å². The van der Waals surface area contributed by atoms with Crippen LogP contribution in [0.3, 0.4) is 0 Å². The summed E-state index contributed by atoms with van der Waals surface area (Å²) in [6.07, 6.45) is 0.166. The summed E-state index contributed by atoms with van der Waals surface area (Å²) in [5.74, 6) is -1.01. The Morgan fingerprint density at radius 1 is 0.871 bits per heavy atom. The van der Waals surface area contributed by atoms with Gasteiger partial charge in [-0.2, -0.15) is 4.72 Å². The van der Waals surface area contributed by atoms with Gasteiger partial charge in [0.2, 0.25) is 15.9 Å². The number of hydrogen-bond donors (Lipinski definition) is 2. The van der Waals surface area contributed by atoms with Crippen molar-refractivity contribution in [3.63, 3.8) is 0 Å². The van der Waals surface area contributed by atoms with E-state index in [1.54, 1.807) is 30.3 Å². The zero-order valence-electron chi connectivity index (χ0n) is 16.8. The van der Waals surface area contributed by atoms with E-state index in [0.29, 0.717) is 11.3 Å². The molecular formula is C23H22N2O5S. The fourth-order valence-electron chi connectivity index (χ4n) is 2.93. The normalized spacial score (nSPS) is 12.0. The van der Waals surface area contributed by atoms with Gasteiger partial charge >= 0.3 is 5.97 Å². The number of esters is 1. The summed E-state index contributed by atoms with van der Waals surface area (Å²) in [5.41, 5.74) is 1.57. The average Bonchev–Trinajstić information content (AvgIpc) is 2.79. The lowest BCUT2D eigenvalue weighted by Gasteiger charge is -2.19. The van der Waals surface area contributed by atoms with E-state index in [1.807, 2.05) is 30.3 Å². The van der Waals surface area contributed by atoms with Crippen molar-refractivity contribution in [3.05, 3.63) is 96.1 Å². The number of nitrogens with one attached hydrogen (secondary N) is 2. The van der Waals surface area contributed by atoms with E-state index in [4.69, 9.17) is 0 Å². The number of sulfonamides is 1. The van der Waals surface area contributed by atoms with E-state index in [2.05, 4.69) is 14.8 Å². The molecule has 0 saturated heterocycles. The molecule has 0 heterocycles. The Bertz CT molecular complexity index is 1130. The van der Waals surface area contributed by atoms with Crippen LogP contribution in [0.2, 0.25) is 0 Å². The Morgan fingerprint density at radius 2 is 1.45 bits per heavy atom. The van der Waals surface area contributed by atoms with Crippen LogP contribution in [-0.2, 0) is 26.0 Å². The highest BCUT2D eigenvalue weighted by atomic mass is 32.2. The maximum Gasteiger partial charge on any atom is 0.337 e. The Labute approximate surface area is 181 Å². The molecule has 0 aliphatic carbocycles. The molecule has 1 amide bonds. The van der Waals surface area contributed by atoms with Crippen LogP contribution in [0, 0.1) is 0 Å². The molecule has 0 aliphatic rings.